The number of aryl methyl sites for hydroxylation is 1. The minimum atomic E-state index is -0.698. The van der Waals surface area contributed by atoms with Crippen molar-refractivity contribution in [2.24, 2.45) is 5.92 Å². The lowest BCUT2D eigenvalue weighted by molar-refractivity contribution is -0.138. The van der Waals surface area contributed by atoms with Gasteiger partial charge in [0.05, 0.1) is 12.5 Å². The Labute approximate surface area is 146 Å². The molecule has 1 aromatic rings. The number of allylic oxidation sites excluding steroid dienone is 4. The summed E-state index contributed by atoms with van der Waals surface area (Å²) in [6.07, 6.45) is 15.9. The molecule has 134 valence electrons. The summed E-state index contributed by atoms with van der Waals surface area (Å²) in [6.45, 7) is 6.39. The number of carbonyl (C=O) groups is 1. The van der Waals surface area contributed by atoms with Gasteiger partial charge in [-0.05, 0) is 76.3 Å². The Morgan fingerprint density at radius 3 is 2.58 bits per heavy atom. The highest BCUT2D eigenvalue weighted by Gasteiger charge is 2.06. The minimum Gasteiger partial charge on any atom is -0.481 e. The van der Waals surface area contributed by atoms with Gasteiger partial charge < -0.3 is 9.52 Å². The molecule has 1 rings (SSSR count). The van der Waals surface area contributed by atoms with Gasteiger partial charge in [-0.1, -0.05) is 30.2 Å². The van der Waals surface area contributed by atoms with E-state index in [0.717, 1.165) is 44.9 Å². The molecule has 0 amide bonds. The number of hydrogen-bond acceptors (Lipinski definition) is 2. The molecule has 1 aromatic heterocycles. The van der Waals surface area contributed by atoms with E-state index in [-0.39, 0.29) is 12.3 Å². The predicted octanol–water partition coefficient (Wildman–Crippen LogP) is 6.17. The van der Waals surface area contributed by atoms with Gasteiger partial charge in [-0.3, -0.25) is 4.79 Å². The zero-order chi connectivity index (χ0) is 17.8. The van der Waals surface area contributed by atoms with Crippen LogP contribution in [-0.4, -0.2) is 11.1 Å². The first-order chi connectivity index (χ1) is 11.5. The van der Waals surface area contributed by atoms with Crippen molar-refractivity contribution in [1.29, 1.82) is 0 Å². The zero-order valence-electron chi connectivity index (χ0n) is 15.4. The Balaban J connectivity index is 2.14. The third-order valence-electron chi connectivity index (χ3n) is 4.32. The largest absolute Gasteiger partial charge is 0.481 e. The lowest BCUT2D eigenvalue weighted by Crippen LogP contribution is -2.03. The van der Waals surface area contributed by atoms with Crippen molar-refractivity contribution in [3.8, 4) is 0 Å². The molecule has 0 aliphatic rings. The lowest BCUT2D eigenvalue weighted by atomic mass is 10.00. The molecule has 0 unspecified atom stereocenters. The van der Waals surface area contributed by atoms with Gasteiger partial charge in [0.2, 0.25) is 0 Å². The molecule has 3 nitrogen and oxygen atoms in total. The Morgan fingerprint density at radius 2 is 1.92 bits per heavy atom. The summed E-state index contributed by atoms with van der Waals surface area (Å²) < 4.78 is 5.08. The highest BCUT2D eigenvalue weighted by Crippen LogP contribution is 2.15. The molecule has 0 fully saturated rings. The van der Waals surface area contributed by atoms with Gasteiger partial charge in [-0.25, -0.2) is 0 Å². The normalized spacial score (nSPS) is 14.0. The summed E-state index contributed by atoms with van der Waals surface area (Å²) in [7, 11) is 0. The Morgan fingerprint density at radius 1 is 1.21 bits per heavy atom. The van der Waals surface area contributed by atoms with Crippen LogP contribution in [0.25, 0.3) is 0 Å². The second-order valence-corrected chi connectivity index (χ2v) is 6.91. The fourth-order valence-electron chi connectivity index (χ4n) is 2.77. The van der Waals surface area contributed by atoms with E-state index < -0.39 is 5.97 Å². The van der Waals surface area contributed by atoms with E-state index >= 15 is 0 Å². The van der Waals surface area contributed by atoms with Crippen LogP contribution in [0.4, 0.5) is 0 Å². The quantitative estimate of drug-likeness (QED) is 0.466. The smallest absolute Gasteiger partial charge is 0.303 e. The van der Waals surface area contributed by atoms with Crippen LogP contribution in [0.1, 0.15) is 71.3 Å². The maximum absolute atomic E-state index is 10.6. The zero-order valence-corrected chi connectivity index (χ0v) is 15.4. The van der Waals surface area contributed by atoms with Crippen molar-refractivity contribution in [2.45, 2.75) is 72.1 Å². The number of carboxylic acids is 1. The van der Waals surface area contributed by atoms with E-state index in [1.54, 1.807) is 6.26 Å². The van der Waals surface area contributed by atoms with Gasteiger partial charge in [0.15, 0.2) is 0 Å². The molecule has 0 aliphatic heterocycles. The lowest BCUT2D eigenvalue weighted by Gasteiger charge is -2.06. The topological polar surface area (TPSA) is 50.4 Å². The predicted molar refractivity (Wildman–Crippen MR) is 99.0 cm³/mol. The van der Waals surface area contributed by atoms with E-state index in [9.17, 15) is 4.79 Å². The van der Waals surface area contributed by atoms with Crippen molar-refractivity contribution in [3.63, 3.8) is 0 Å². The van der Waals surface area contributed by atoms with E-state index in [2.05, 4.69) is 26.0 Å². The van der Waals surface area contributed by atoms with Crippen LogP contribution in [0.2, 0.25) is 0 Å². The first-order valence-electron chi connectivity index (χ1n) is 9.01. The van der Waals surface area contributed by atoms with E-state index in [4.69, 9.17) is 9.52 Å². The Kier molecular flexibility index (Phi) is 9.90. The van der Waals surface area contributed by atoms with Crippen molar-refractivity contribution in [2.75, 3.05) is 0 Å². The molecule has 0 radical (unpaired) electrons. The highest BCUT2D eigenvalue weighted by atomic mass is 16.4. The van der Waals surface area contributed by atoms with Gasteiger partial charge in [-0.2, -0.15) is 0 Å². The summed E-state index contributed by atoms with van der Waals surface area (Å²) in [5.41, 5.74) is 4.14. The summed E-state index contributed by atoms with van der Waals surface area (Å²) in [6, 6.07) is 2.03. The van der Waals surface area contributed by atoms with E-state index in [1.165, 1.54) is 16.7 Å². The second-order valence-electron chi connectivity index (χ2n) is 6.91. The average molecular weight is 332 g/mol. The number of carboxylic acid groups (broad SMARTS) is 1. The summed E-state index contributed by atoms with van der Waals surface area (Å²) in [4.78, 5) is 10.6. The molecule has 0 spiro atoms. The fraction of sp³-hybridized carbons (Fsp3) is 0.571. The van der Waals surface area contributed by atoms with Crippen LogP contribution >= 0.6 is 0 Å². The van der Waals surface area contributed by atoms with Crippen LogP contribution in [0.15, 0.2) is 46.3 Å². The molecule has 0 saturated carbocycles. The monoisotopic (exact) mass is 332 g/mol. The maximum Gasteiger partial charge on any atom is 0.303 e. The van der Waals surface area contributed by atoms with Gasteiger partial charge in [0, 0.05) is 6.42 Å². The third kappa shape index (κ3) is 10.1. The molecule has 0 aromatic carbocycles. The molecule has 3 heteroatoms. The SMILES string of the molecule is C/C(=C/CC[C@@H](C)CC(=O)O)CC/C=C(\C)CCCc1ccoc1. The van der Waals surface area contributed by atoms with Crippen LogP contribution in [0.3, 0.4) is 0 Å². The number of aliphatic carboxylic acids is 1. The average Bonchev–Trinajstić information content (AvgIpc) is 2.99. The Hall–Kier alpha value is -1.77. The first kappa shape index (κ1) is 20.3. The summed E-state index contributed by atoms with van der Waals surface area (Å²) in [5.74, 6) is -0.444. The molecule has 1 heterocycles. The maximum atomic E-state index is 10.6. The number of hydrogen-bond donors (Lipinski definition) is 1. The number of rotatable bonds is 12. The van der Waals surface area contributed by atoms with Gasteiger partial charge in [-0.15, -0.1) is 0 Å². The molecule has 24 heavy (non-hydrogen) atoms. The summed E-state index contributed by atoms with van der Waals surface area (Å²) in [5, 5.41) is 8.75. The molecule has 0 saturated heterocycles. The molecule has 1 atom stereocenters. The van der Waals surface area contributed by atoms with Gasteiger partial charge in [0.1, 0.15) is 0 Å². The minimum absolute atomic E-state index is 0.254. The third-order valence-corrected chi connectivity index (χ3v) is 4.32. The second kappa shape index (κ2) is 11.7. The summed E-state index contributed by atoms with van der Waals surface area (Å²) >= 11 is 0. The van der Waals surface area contributed by atoms with Crippen LogP contribution in [0, 0.1) is 5.92 Å². The van der Waals surface area contributed by atoms with Crippen molar-refractivity contribution in [3.05, 3.63) is 47.5 Å². The van der Waals surface area contributed by atoms with Crippen molar-refractivity contribution >= 4 is 5.97 Å². The molecular formula is C21H32O3. The van der Waals surface area contributed by atoms with Crippen LogP contribution < -0.4 is 0 Å². The molecular weight excluding hydrogens is 300 g/mol. The van der Waals surface area contributed by atoms with Crippen molar-refractivity contribution < 1.29 is 14.3 Å². The van der Waals surface area contributed by atoms with Gasteiger partial charge >= 0.3 is 5.97 Å². The number of furan rings is 1. The fourth-order valence-corrected chi connectivity index (χ4v) is 2.77. The molecule has 0 aliphatic carbocycles. The van der Waals surface area contributed by atoms with E-state index in [1.807, 2.05) is 19.3 Å². The van der Waals surface area contributed by atoms with Gasteiger partial charge in [0.25, 0.3) is 0 Å². The first-order valence-corrected chi connectivity index (χ1v) is 9.01. The van der Waals surface area contributed by atoms with E-state index in [0.29, 0.717) is 0 Å². The van der Waals surface area contributed by atoms with Crippen LogP contribution in [0.5, 0.6) is 0 Å². The van der Waals surface area contributed by atoms with Crippen LogP contribution in [-0.2, 0) is 11.2 Å². The standard InChI is InChI=1S/C21H32O3/c1-17(9-5-11-19(3)15-21(22)23)7-4-8-18(2)10-6-12-20-13-14-24-16-20/h8-9,13-14,16,19H,4-7,10-12,15H2,1-3H3,(H,22,23)/b17-9-,18-8+/t19-/m1/s1. The highest BCUT2D eigenvalue weighted by molar-refractivity contribution is 5.66. The van der Waals surface area contributed by atoms with Crippen molar-refractivity contribution in [1.82, 2.24) is 0 Å². The molecule has 0 bridgehead atoms. The molecule has 1 N–H and O–H groups in total. The Bertz CT molecular complexity index is 523.